The quantitative estimate of drug-likeness (QED) is 0.895. The zero-order chi connectivity index (χ0) is 17.0. The van der Waals surface area contributed by atoms with Crippen LogP contribution in [0.3, 0.4) is 0 Å². The van der Waals surface area contributed by atoms with Gasteiger partial charge in [-0.2, -0.15) is 0 Å². The van der Waals surface area contributed by atoms with Crippen molar-refractivity contribution in [1.82, 2.24) is 5.32 Å². The number of nitrogens with one attached hydrogen (secondary N) is 1. The third kappa shape index (κ3) is 3.49. The van der Waals surface area contributed by atoms with Crippen LogP contribution in [0.1, 0.15) is 47.2 Å². The molecule has 1 fully saturated rings. The average molecular weight is 327 g/mol. The number of rotatable bonds is 5. The molecule has 2 aromatic carbocycles. The first-order chi connectivity index (χ1) is 11.6. The Morgan fingerprint density at radius 2 is 1.88 bits per heavy atom. The number of carbonyl (C=O) groups is 1. The zero-order valence-electron chi connectivity index (χ0n) is 13.8. The van der Waals surface area contributed by atoms with Crippen LogP contribution in [0.4, 0.5) is 4.39 Å². The van der Waals surface area contributed by atoms with Crippen molar-refractivity contribution in [2.24, 2.45) is 0 Å². The number of halogens is 1. The molecule has 2 aromatic rings. The lowest BCUT2D eigenvalue weighted by Crippen LogP contribution is -2.43. The highest BCUT2D eigenvalue weighted by atomic mass is 19.1. The molecule has 0 unspecified atom stereocenters. The Balaban J connectivity index is 1.84. The van der Waals surface area contributed by atoms with Crippen LogP contribution in [-0.4, -0.2) is 13.0 Å². The van der Waals surface area contributed by atoms with Crippen LogP contribution in [-0.2, 0) is 16.9 Å². The van der Waals surface area contributed by atoms with Gasteiger partial charge >= 0.3 is 0 Å². The maximum atomic E-state index is 13.2. The smallest absolute Gasteiger partial charge is 0.251 e. The molecule has 0 atom stereocenters. The van der Waals surface area contributed by atoms with Crippen LogP contribution in [0.5, 0.6) is 0 Å². The van der Waals surface area contributed by atoms with E-state index in [-0.39, 0.29) is 11.7 Å². The van der Waals surface area contributed by atoms with E-state index >= 15 is 0 Å². The predicted octanol–water partition coefficient (Wildman–Crippen LogP) is 4.17. The number of methoxy groups -OCH3 is 1. The largest absolute Gasteiger partial charge is 0.380 e. The van der Waals surface area contributed by atoms with Crippen molar-refractivity contribution < 1.29 is 13.9 Å². The highest BCUT2D eigenvalue weighted by Crippen LogP contribution is 2.39. The summed E-state index contributed by atoms with van der Waals surface area (Å²) in [6.07, 6.45) is 3.87. The summed E-state index contributed by atoms with van der Waals surface area (Å²) in [6, 6.07) is 13.9. The molecule has 0 spiro atoms. The molecule has 1 aliphatic rings. The van der Waals surface area contributed by atoms with E-state index in [1.807, 2.05) is 24.3 Å². The van der Waals surface area contributed by atoms with E-state index < -0.39 is 5.54 Å². The SMILES string of the molecule is COCc1cccc(C(=O)NC2(c3ccc(F)cc3)CCCC2)c1. The number of benzene rings is 2. The second-order valence-electron chi connectivity index (χ2n) is 6.38. The van der Waals surface area contributed by atoms with Gasteiger partial charge in [0.25, 0.3) is 5.91 Å². The molecule has 0 radical (unpaired) electrons. The van der Waals surface area contributed by atoms with Crippen molar-refractivity contribution in [2.75, 3.05) is 7.11 Å². The van der Waals surface area contributed by atoms with Crippen molar-refractivity contribution in [3.05, 3.63) is 71.0 Å². The summed E-state index contributed by atoms with van der Waals surface area (Å²) in [4.78, 5) is 12.8. The molecule has 4 heteroatoms. The second kappa shape index (κ2) is 7.14. The number of hydrogen-bond acceptors (Lipinski definition) is 2. The van der Waals surface area contributed by atoms with E-state index in [2.05, 4.69) is 5.32 Å². The van der Waals surface area contributed by atoms with Crippen LogP contribution in [0.15, 0.2) is 48.5 Å². The van der Waals surface area contributed by atoms with Gasteiger partial charge in [-0.05, 0) is 48.2 Å². The molecular formula is C20H22FNO2. The molecule has 0 aromatic heterocycles. The Kier molecular flexibility index (Phi) is 4.95. The van der Waals surface area contributed by atoms with Gasteiger partial charge in [0.15, 0.2) is 0 Å². The minimum Gasteiger partial charge on any atom is -0.380 e. The Morgan fingerprint density at radius 3 is 2.54 bits per heavy atom. The molecule has 24 heavy (non-hydrogen) atoms. The van der Waals surface area contributed by atoms with Gasteiger partial charge in [0.1, 0.15) is 5.82 Å². The van der Waals surface area contributed by atoms with E-state index in [9.17, 15) is 9.18 Å². The number of carbonyl (C=O) groups excluding carboxylic acids is 1. The molecule has 0 heterocycles. The van der Waals surface area contributed by atoms with Crippen LogP contribution in [0.25, 0.3) is 0 Å². The van der Waals surface area contributed by atoms with Gasteiger partial charge in [-0.25, -0.2) is 4.39 Å². The molecule has 0 bridgehead atoms. The van der Waals surface area contributed by atoms with Gasteiger partial charge in [0, 0.05) is 12.7 Å². The summed E-state index contributed by atoms with van der Waals surface area (Å²) < 4.78 is 18.4. The molecule has 1 saturated carbocycles. The topological polar surface area (TPSA) is 38.3 Å². The first-order valence-electron chi connectivity index (χ1n) is 8.29. The lowest BCUT2D eigenvalue weighted by atomic mass is 9.87. The molecule has 0 saturated heterocycles. The summed E-state index contributed by atoms with van der Waals surface area (Å²) in [5.74, 6) is -0.357. The van der Waals surface area contributed by atoms with Crippen molar-refractivity contribution in [2.45, 2.75) is 37.8 Å². The summed E-state index contributed by atoms with van der Waals surface area (Å²) in [5.41, 5.74) is 2.16. The monoisotopic (exact) mass is 327 g/mol. The summed E-state index contributed by atoms with van der Waals surface area (Å²) >= 11 is 0. The zero-order valence-corrected chi connectivity index (χ0v) is 13.8. The minimum absolute atomic E-state index is 0.0980. The molecule has 3 nitrogen and oxygen atoms in total. The maximum Gasteiger partial charge on any atom is 0.251 e. The van der Waals surface area contributed by atoms with Crippen LogP contribution >= 0.6 is 0 Å². The van der Waals surface area contributed by atoms with E-state index in [1.54, 1.807) is 19.2 Å². The minimum atomic E-state index is -0.401. The summed E-state index contributed by atoms with van der Waals surface area (Å²) in [7, 11) is 1.63. The lowest BCUT2D eigenvalue weighted by Gasteiger charge is -2.31. The molecule has 3 rings (SSSR count). The summed E-state index contributed by atoms with van der Waals surface area (Å²) in [5, 5.41) is 3.21. The molecule has 1 aliphatic carbocycles. The predicted molar refractivity (Wildman–Crippen MR) is 91.2 cm³/mol. The fourth-order valence-electron chi connectivity index (χ4n) is 3.49. The van der Waals surface area contributed by atoms with Crippen molar-refractivity contribution >= 4 is 5.91 Å². The van der Waals surface area contributed by atoms with Crippen LogP contribution in [0.2, 0.25) is 0 Å². The van der Waals surface area contributed by atoms with E-state index in [0.717, 1.165) is 36.8 Å². The van der Waals surface area contributed by atoms with Crippen LogP contribution in [0, 0.1) is 5.82 Å². The Hall–Kier alpha value is -2.20. The number of ether oxygens (including phenoxy) is 1. The number of amides is 1. The fraction of sp³-hybridized carbons (Fsp3) is 0.350. The Morgan fingerprint density at radius 1 is 1.17 bits per heavy atom. The van der Waals surface area contributed by atoms with E-state index in [0.29, 0.717) is 12.2 Å². The van der Waals surface area contributed by atoms with Crippen molar-refractivity contribution in [3.8, 4) is 0 Å². The highest BCUT2D eigenvalue weighted by molar-refractivity contribution is 5.95. The van der Waals surface area contributed by atoms with Crippen molar-refractivity contribution in [3.63, 3.8) is 0 Å². The third-order valence-electron chi connectivity index (χ3n) is 4.71. The third-order valence-corrected chi connectivity index (χ3v) is 4.71. The highest BCUT2D eigenvalue weighted by Gasteiger charge is 2.37. The Labute approximate surface area is 141 Å². The fourth-order valence-corrected chi connectivity index (χ4v) is 3.49. The molecule has 1 amide bonds. The van der Waals surface area contributed by atoms with Gasteiger partial charge in [0.2, 0.25) is 0 Å². The average Bonchev–Trinajstić information content (AvgIpc) is 3.05. The van der Waals surface area contributed by atoms with E-state index in [4.69, 9.17) is 4.74 Å². The molecule has 126 valence electrons. The summed E-state index contributed by atoms with van der Waals surface area (Å²) in [6.45, 7) is 0.476. The number of hydrogen-bond donors (Lipinski definition) is 1. The first kappa shape index (κ1) is 16.7. The van der Waals surface area contributed by atoms with Crippen LogP contribution < -0.4 is 5.32 Å². The van der Waals surface area contributed by atoms with Gasteiger partial charge in [0.05, 0.1) is 12.1 Å². The Bertz CT molecular complexity index is 706. The molecule has 1 N–H and O–H groups in total. The second-order valence-corrected chi connectivity index (χ2v) is 6.38. The van der Waals surface area contributed by atoms with Gasteiger partial charge < -0.3 is 10.1 Å². The van der Waals surface area contributed by atoms with Gasteiger partial charge in [-0.1, -0.05) is 37.1 Å². The van der Waals surface area contributed by atoms with E-state index in [1.165, 1.54) is 12.1 Å². The standard InChI is InChI=1S/C20H22FNO2/c1-24-14-15-5-4-6-16(13-15)19(23)22-20(11-2-3-12-20)17-7-9-18(21)10-8-17/h4-10,13H,2-3,11-12,14H2,1H3,(H,22,23). The van der Waals surface area contributed by atoms with Crippen molar-refractivity contribution in [1.29, 1.82) is 0 Å². The molecular weight excluding hydrogens is 305 g/mol. The van der Waals surface area contributed by atoms with Gasteiger partial charge in [-0.15, -0.1) is 0 Å². The lowest BCUT2D eigenvalue weighted by molar-refractivity contribution is 0.0898. The normalized spacial score (nSPS) is 16.1. The first-order valence-corrected chi connectivity index (χ1v) is 8.29. The maximum absolute atomic E-state index is 13.2. The molecule has 0 aliphatic heterocycles. The van der Waals surface area contributed by atoms with Gasteiger partial charge in [-0.3, -0.25) is 4.79 Å².